The predicted molar refractivity (Wildman–Crippen MR) is 132 cm³/mol. The Hall–Kier alpha value is -3.65. The van der Waals surface area contributed by atoms with Gasteiger partial charge in [0, 0.05) is 18.4 Å². The van der Waals surface area contributed by atoms with Crippen LogP contribution in [-0.2, 0) is 33.9 Å². The second-order valence-corrected chi connectivity index (χ2v) is 11.0. The van der Waals surface area contributed by atoms with Crippen molar-refractivity contribution >= 4 is 21.7 Å². The van der Waals surface area contributed by atoms with E-state index in [0.29, 0.717) is 6.42 Å². The van der Waals surface area contributed by atoms with Gasteiger partial charge in [0.1, 0.15) is 16.2 Å². The molecule has 0 bridgehead atoms. The molecule has 7 nitrogen and oxygen atoms in total. The fourth-order valence-electron chi connectivity index (χ4n) is 4.49. The zero-order valence-corrected chi connectivity index (χ0v) is 20.4. The van der Waals surface area contributed by atoms with Gasteiger partial charge in [-0.1, -0.05) is 54.1 Å². The summed E-state index contributed by atoms with van der Waals surface area (Å²) in [6, 6.07) is 19.1. The summed E-state index contributed by atoms with van der Waals surface area (Å²) in [5.41, 5.74) is 2.22. The first-order valence-corrected chi connectivity index (χ1v) is 12.9. The quantitative estimate of drug-likeness (QED) is 0.498. The minimum absolute atomic E-state index is 0.0523. The van der Waals surface area contributed by atoms with Gasteiger partial charge in [-0.25, -0.2) is 13.2 Å². The van der Waals surface area contributed by atoms with Crippen LogP contribution in [0.1, 0.15) is 32.6 Å². The van der Waals surface area contributed by atoms with E-state index in [0.717, 1.165) is 22.3 Å². The number of amides is 1. The first-order chi connectivity index (χ1) is 16.6. The Morgan fingerprint density at radius 1 is 1.00 bits per heavy atom. The molecule has 0 atom stereocenters. The van der Waals surface area contributed by atoms with E-state index in [-0.39, 0.29) is 34.8 Å². The summed E-state index contributed by atoms with van der Waals surface area (Å²) in [6.45, 7) is 1.94. The molecule has 35 heavy (non-hydrogen) atoms. The van der Waals surface area contributed by atoms with Gasteiger partial charge in [0.15, 0.2) is 9.84 Å². The number of rotatable bonds is 8. The van der Waals surface area contributed by atoms with Crippen LogP contribution in [0.3, 0.4) is 0 Å². The van der Waals surface area contributed by atoms with Crippen LogP contribution in [0.5, 0.6) is 5.75 Å². The van der Waals surface area contributed by atoms with E-state index < -0.39 is 27.3 Å². The summed E-state index contributed by atoms with van der Waals surface area (Å²) < 4.78 is 31.7. The van der Waals surface area contributed by atoms with Crippen LogP contribution in [-0.4, -0.2) is 43.8 Å². The van der Waals surface area contributed by atoms with Gasteiger partial charge >= 0.3 is 5.97 Å². The topological polar surface area (TPSA) is 110 Å². The standard InChI is InChI=1S/C27H27NO6S/c1-18-6-5-7-19(14-18)12-13-35(32,33)24-15-20(10-11-23(24)34-2)25(29)28-27(26(30)31)16-21-8-3-4-9-22(21)17-27/h3-11,14-15H,12-13,16-17H2,1-2H3,(H,28,29)(H,30,31). The van der Waals surface area contributed by atoms with E-state index in [9.17, 15) is 23.1 Å². The summed E-state index contributed by atoms with van der Waals surface area (Å²) in [5, 5.41) is 12.6. The van der Waals surface area contributed by atoms with Gasteiger partial charge in [0.25, 0.3) is 5.91 Å². The SMILES string of the molecule is COc1ccc(C(=O)NC2(C(=O)O)Cc3ccccc3C2)cc1S(=O)(=O)CCc1cccc(C)c1. The summed E-state index contributed by atoms with van der Waals surface area (Å²) in [4.78, 5) is 25.2. The summed E-state index contributed by atoms with van der Waals surface area (Å²) >= 11 is 0. The van der Waals surface area contributed by atoms with Crippen LogP contribution in [0, 0.1) is 6.92 Å². The number of hydrogen-bond acceptors (Lipinski definition) is 5. The molecular formula is C27H27NO6S. The number of benzene rings is 3. The fraction of sp³-hybridized carbons (Fsp3) is 0.259. The lowest BCUT2D eigenvalue weighted by Gasteiger charge is -2.25. The maximum absolute atomic E-state index is 13.2. The highest BCUT2D eigenvalue weighted by Gasteiger charge is 2.45. The van der Waals surface area contributed by atoms with Crippen molar-refractivity contribution in [1.29, 1.82) is 0 Å². The van der Waals surface area contributed by atoms with Crippen LogP contribution < -0.4 is 10.1 Å². The van der Waals surface area contributed by atoms with Crippen LogP contribution in [0.15, 0.2) is 71.6 Å². The molecular weight excluding hydrogens is 466 g/mol. The van der Waals surface area contributed by atoms with Gasteiger partial charge in [-0.2, -0.15) is 0 Å². The van der Waals surface area contributed by atoms with Crippen molar-refractivity contribution in [2.45, 2.75) is 36.6 Å². The molecule has 4 rings (SSSR count). The molecule has 0 aromatic heterocycles. The molecule has 1 amide bonds. The number of ether oxygens (including phenoxy) is 1. The normalized spacial score (nSPS) is 14.2. The molecule has 182 valence electrons. The van der Waals surface area contributed by atoms with Gasteiger partial charge in [0.2, 0.25) is 0 Å². The lowest BCUT2D eigenvalue weighted by molar-refractivity contribution is -0.144. The maximum Gasteiger partial charge on any atom is 0.330 e. The molecule has 0 fully saturated rings. The Balaban J connectivity index is 1.59. The molecule has 0 saturated heterocycles. The molecule has 1 aliphatic rings. The molecule has 2 N–H and O–H groups in total. The van der Waals surface area contributed by atoms with Crippen molar-refractivity contribution in [2.75, 3.05) is 12.9 Å². The van der Waals surface area contributed by atoms with Crippen LogP contribution in [0.4, 0.5) is 0 Å². The number of aliphatic carboxylic acids is 1. The Bertz CT molecular complexity index is 1370. The van der Waals surface area contributed by atoms with E-state index >= 15 is 0 Å². The first-order valence-electron chi connectivity index (χ1n) is 11.2. The van der Waals surface area contributed by atoms with Crippen LogP contribution in [0.25, 0.3) is 0 Å². The minimum Gasteiger partial charge on any atom is -0.495 e. The number of sulfone groups is 1. The largest absolute Gasteiger partial charge is 0.495 e. The molecule has 0 unspecified atom stereocenters. The Morgan fingerprint density at radius 2 is 1.69 bits per heavy atom. The molecule has 0 saturated carbocycles. The molecule has 1 aliphatic carbocycles. The average molecular weight is 494 g/mol. The monoisotopic (exact) mass is 493 g/mol. The van der Waals surface area contributed by atoms with E-state index in [4.69, 9.17) is 4.74 Å². The minimum atomic E-state index is -3.79. The van der Waals surface area contributed by atoms with Crippen molar-refractivity contribution in [3.05, 3.63) is 94.5 Å². The predicted octanol–water partition coefficient (Wildman–Crippen LogP) is 3.37. The third-order valence-corrected chi connectivity index (χ3v) is 8.10. The summed E-state index contributed by atoms with van der Waals surface area (Å²) in [7, 11) is -2.43. The van der Waals surface area contributed by atoms with E-state index in [2.05, 4.69) is 5.32 Å². The lowest BCUT2D eigenvalue weighted by Crippen LogP contribution is -2.55. The molecule has 3 aromatic rings. The van der Waals surface area contributed by atoms with Crippen molar-refractivity contribution in [2.24, 2.45) is 0 Å². The van der Waals surface area contributed by atoms with Crippen LogP contribution >= 0.6 is 0 Å². The average Bonchev–Trinajstić information content (AvgIpc) is 3.22. The highest BCUT2D eigenvalue weighted by molar-refractivity contribution is 7.91. The third kappa shape index (κ3) is 5.07. The van der Waals surface area contributed by atoms with E-state index in [1.807, 2.05) is 55.5 Å². The number of carbonyl (C=O) groups excluding carboxylic acids is 1. The molecule has 0 heterocycles. The van der Waals surface area contributed by atoms with E-state index in [1.54, 1.807) is 0 Å². The highest BCUT2D eigenvalue weighted by Crippen LogP contribution is 2.32. The number of fused-ring (bicyclic) bond motifs is 1. The molecule has 8 heteroatoms. The second-order valence-electron chi connectivity index (χ2n) is 8.89. The molecule has 0 aliphatic heterocycles. The summed E-state index contributed by atoms with van der Waals surface area (Å²) in [5.74, 6) is -1.82. The number of carboxylic acids is 1. The van der Waals surface area contributed by atoms with Crippen molar-refractivity contribution < 1.29 is 27.9 Å². The van der Waals surface area contributed by atoms with Gasteiger partial charge in [-0.3, -0.25) is 4.79 Å². The zero-order chi connectivity index (χ0) is 25.2. The van der Waals surface area contributed by atoms with Crippen molar-refractivity contribution in [3.63, 3.8) is 0 Å². The van der Waals surface area contributed by atoms with Gasteiger partial charge in [-0.15, -0.1) is 0 Å². The molecule has 0 spiro atoms. The van der Waals surface area contributed by atoms with Crippen molar-refractivity contribution in [1.82, 2.24) is 5.32 Å². The maximum atomic E-state index is 13.2. The Morgan fingerprint density at radius 3 is 2.29 bits per heavy atom. The summed E-state index contributed by atoms with van der Waals surface area (Å²) in [6.07, 6.45) is 0.619. The third-order valence-electron chi connectivity index (χ3n) is 6.37. The first kappa shape index (κ1) is 24.5. The Labute approximate surface area is 204 Å². The van der Waals surface area contributed by atoms with Crippen molar-refractivity contribution in [3.8, 4) is 5.75 Å². The number of methoxy groups -OCH3 is 1. The van der Waals surface area contributed by atoms with Crippen LogP contribution in [0.2, 0.25) is 0 Å². The molecule has 0 radical (unpaired) electrons. The lowest BCUT2D eigenvalue weighted by atomic mass is 9.95. The smallest absolute Gasteiger partial charge is 0.330 e. The number of nitrogens with one attached hydrogen (secondary N) is 1. The Kier molecular flexibility index (Phi) is 6.67. The highest BCUT2D eigenvalue weighted by atomic mass is 32.2. The zero-order valence-electron chi connectivity index (χ0n) is 19.6. The number of carboxylic acid groups (broad SMARTS) is 1. The molecule has 3 aromatic carbocycles. The number of carbonyl (C=O) groups is 2. The number of aryl methyl sites for hydroxylation is 2. The van der Waals surface area contributed by atoms with E-state index in [1.165, 1.54) is 25.3 Å². The van der Waals surface area contributed by atoms with Gasteiger partial charge < -0.3 is 15.2 Å². The number of hydrogen-bond donors (Lipinski definition) is 2. The van der Waals surface area contributed by atoms with Gasteiger partial charge in [-0.05, 0) is 48.2 Å². The second kappa shape index (κ2) is 9.54. The fourth-order valence-corrected chi connectivity index (χ4v) is 5.98. The van der Waals surface area contributed by atoms with Gasteiger partial charge in [0.05, 0.1) is 12.9 Å².